The minimum atomic E-state index is -0.165. The summed E-state index contributed by atoms with van der Waals surface area (Å²) in [6, 6.07) is 1.87. The van der Waals surface area contributed by atoms with E-state index < -0.39 is 0 Å². The molecule has 0 radical (unpaired) electrons. The van der Waals surface area contributed by atoms with Crippen molar-refractivity contribution in [3.63, 3.8) is 0 Å². The zero-order chi connectivity index (χ0) is 14.3. The molecular weight excluding hydrogens is 262 g/mol. The first-order chi connectivity index (χ1) is 9.06. The van der Waals surface area contributed by atoms with Gasteiger partial charge in [0.2, 0.25) is 5.28 Å². The minimum absolute atomic E-state index is 0.116. The van der Waals surface area contributed by atoms with Crippen LogP contribution in [0.15, 0.2) is 6.07 Å². The first-order valence-corrected chi connectivity index (χ1v) is 7.26. The molecule has 0 aliphatic carbocycles. The molecule has 0 aliphatic rings. The molecule has 0 saturated carbocycles. The van der Waals surface area contributed by atoms with Crippen LogP contribution in [0.2, 0.25) is 5.28 Å². The van der Waals surface area contributed by atoms with Crippen molar-refractivity contribution in [2.45, 2.75) is 58.9 Å². The predicted octanol–water partition coefficient (Wildman–Crippen LogP) is 3.53. The molecule has 1 atom stereocenters. The Hall–Kier alpha value is -1.16. The van der Waals surface area contributed by atoms with Crippen molar-refractivity contribution >= 4 is 17.5 Å². The molecule has 1 unspecified atom stereocenters. The number of aromatic nitrogens is 2. The number of hydrogen-bond donors (Lipinski definition) is 1. The summed E-state index contributed by atoms with van der Waals surface area (Å²) in [4.78, 5) is 20.1. The monoisotopic (exact) mass is 283 g/mol. The Kier molecular flexibility index (Phi) is 6.78. The Bertz CT molecular complexity index is 403. The van der Waals surface area contributed by atoms with Gasteiger partial charge in [0, 0.05) is 11.7 Å². The maximum atomic E-state index is 12.1. The average molecular weight is 284 g/mol. The van der Waals surface area contributed by atoms with Crippen molar-refractivity contribution in [2.75, 3.05) is 0 Å². The number of amides is 1. The van der Waals surface area contributed by atoms with Crippen molar-refractivity contribution in [1.82, 2.24) is 15.3 Å². The fourth-order valence-electron chi connectivity index (χ4n) is 2.00. The van der Waals surface area contributed by atoms with Crippen LogP contribution in [0.1, 0.15) is 62.1 Å². The van der Waals surface area contributed by atoms with Gasteiger partial charge in [0.15, 0.2) is 0 Å². The third-order valence-corrected chi connectivity index (χ3v) is 3.11. The maximum absolute atomic E-state index is 12.1. The van der Waals surface area contributed by atoms with E-state index in [-0.39, 0.29) is 17.2 Å². The quantitative estimate of drug-likeness (QED) is 0.779. The van der Waals surface area contributed by atoms with Crippen LogP contribution >= 0.6 is 11.6 Å². The van der Waals surface area contributed by atoms with Gasteiger partial charge in [0.1, 0.15) is 5.69 Å². The molecule has 0 aromatic carbocycles. The topological polar surface area (TPSA) is 54.9 Å². The summed E-state index contributed by atoms with van der Waals surface area (Å²) in [5.41, 5.74) is 1.04. The standard InChI is InChI=1S/C14H22ClN3O/c1-4-6-8-11(7-5-2)17-13(19)12-9-10(3)16-14(15)18-12/h9,11H,4-8H2,1-3H3,(H,17,19). The minimum Gasteiger partial charge on any atom is -0.348 e. The van der Waals surface area contributed by atoms with Gasteiger partial charge in [0.05, 0.1) is 0 Å². The Balaban J connectivity index is 2.69. The van der Waals surface area contributed by atoms with Crippen LogP contribution in [0.25, 0.3) is 0 Å². The number of carbonyl (C=O) groups excluding carboxylic acids is 1. The highest BCUT2D eigenvalue weighted by Crippen LogP contribution is 2.09. The highest BCUT2D eigenvalue weighted by atomic mass is 35.5. The summed E-state index contributed by atoms with van der Waals surface area (Å²) in [5, 5.41) is 3.15. The SMILES string of the molecule is CCCCC(CCC)NC(=O)c1cc(C)nc(Cl)n1. The van der Waals surface area contributed by atoms with Crippen molar-refractivity contribution in [3.8, 4) is 0 Å². The molecule has 1 aromatic rings. The van der Waals surface area contributed by atoms with Crippen LogP contribution < -0.4 is 5.32 Å². The van der Waals surface area contributed by atoms with Gasteiger partial charge >= 0.3 is 0 Å². The van der Waals surface area contributed by atoms with Gasteiger partial charge in [-0.15, -0.1) is 0 Å². The average Bonchev–Trinajstić information content (AvgIpc) is 2.35. The fraction of sp³-hybridized carbons (Fsp3) is 0.643. The molecule has 106 valence electrons. The summed E-state index contributed by atoms with van der Waals surface area (Å²) < 4.78 is 0. The number of unbranched alkanes of at least 4 members (excludes halogenated alkanes) is 1. The van der Waals surface area contributed by atoms with E-state index in [0.717, 1.165) is 32.1 Å². The zero-order valence-electron chi connectivity index (χ0n) is 11.9. The second-order valence-corrected chi connectivity index (χ2v) is 5.10. The van der Waals surface area contributed by atoms with Crippen molar-refractivity contribution in [2.24, 2.45) is 0 Å². The molecule has 0 bridgehead atoms. The van der Waals surface area contributed by atoms with Crippen molar-refractivity contribution < 1.29 is 4.79 Å². The maximum Gasteiger partial charge on any atom is 0.270 e. The highest BCUT2D eigenvalue weighted by molar-refractivity contribution is 6.28. The van der Waals surface area contributed by atoms with Crippen molar-refractivity contribution in [3.05, 3.63) is 22.7 Å². The summed E-state index contributed by atoms with van der Waals surface area (Å²) in [6.45, 7) is 6.07. The number of halogens is 1. The van der Waals surface area contributed by atoms with E-state index in [1.165, 1.54) is 0 Å². The number of rotatable bonds is 7. The Morgan fingerprint density at radius 3 is 2.63 bits per heavy atom. The number of nitrogens with one attached hydrogen (secondary N) is 1. The Labute approximate surface area is 120 Å². The van der Waals surface area contributed by atoms with Gasteiger partial charge < -0.3 is 5.32 Å². The van der Waals surface area contributed by atoms with E-state index in [1.807, 2.05) is 0 Å². The molecule has 1 rings (SSSR count). The molecule has 4 nitrogen and oxygen atoms in total. The van der Waals surface area contributed by atoms with Crippen LogP contribution in [0.3, 0.4) is 0 Å². The summed E-state index contributed by atoms with van der Waals surface area (Å²) in [5.74, 6) is -0.165. The number of aryl methyl sites for hydroxylation is 1. The second-order valence-electron chi connectivity index (χ2n) is 4.76. The molecule has 0 spiro atoms. The van der Waals surface area contributed by atoms with Crippen LogP contribution in [-0.2, 0) is 0 Å². The number of nitrogens with zero attached hydrogens (tertiary/aromatic N) is 2. The summed E-state index contributed by atoms with van der Waals surface area (Å²) >= 11 is 5.77. The van der Waals surface area contributed by atoms with Gasteiger partial charge in [-0.05, 0) is 37.4 Å². The largest absolute Gasteiger partial charge is 0.348 e. The number of carbonyl (C=O) groups is 1. The lowest BCUT2D eigenvalue weighted by atomic mass is 10.0. The molecule has 1 amide bonds. The lowest BCUT2D eigenvalue weighted by Gasteiger charge is -2.17. The molecule has 1 N–H and O–H groups in total. The molecule has 0 fully saturated rings. The summed E-state index contributed by atoms with van der Waals surface area (Å²) in [7, 11) is 0. The third kappa shape index (κ3) is 5.55. The van der Waals surface area contributed by atoms with Crippen LogP contribution in [0.5, 0.6) is 0 Å². The van der Waals surface area contributed by atoms with Gasteiger partial charge in [0.25, 0.3) is 5.91 Å². The molecule has 19 heavy (non-hydrogen) atoms. The fourth-order valence-corrected chi connectivity index (χ4v) is 2.22. The molecule has 1 heterocycles. The second kappa shape index (κ2) is 8.10. The lowest BCUT2D eigenvalue weighted by molar-refractivity contribution is 0.0926. The van der Waals surface area contributed by atoms with Gasteiger partial charge in [-0.3, -0.25) is 4.79 Å². The molecule has 5 heteroatoms. The van der Waals surface area contributed by atoms with E-state index in [0.29, 0.717) is 11.4 Å². The molecule has 0 saturated heterocycles. The van der Waals surface area contributed by atoms with E-state index in [4.69, 9.17) is 11.6 Å². The smallest absolute Gasteiger partial charge is 0.270 e. The first-order valence-electron chi connectivity index (χ1n) is 6.88. The van der Waals surface area contributed by atoms with E-state index in [9.17, 15) is 4.79 Å². The zero-order valence-corrected chi connectivity index (χ0v) is 12.6. The first kappa shape index (κ1) is 15.9. The van der Waals surface area contributed by atoms with E-state index in [1.54, 1.807) is 13.0 Å². The Morgan fingerprint density at radius 2 is 2.05 bits per heavy atom. The molecule has 0 aliphatic heterocycles. The molecule has 1 aromatic heterocycles. The normalized spacial score (nSPS) is 12.2. The molecular formula is C14H22ClN3O. The summed E-state index contributed by atoms with van der Waals surface area (Å²) in [6.07, 6.45) is 5.30. The lowest BCUT2D eigenvalue weighted by Crippen LogP contribution is -2.35. The van der Waals surface area contributed by atoms with E-state index >= 15 is 0 Å². The van der Waals surface area contributed by atoms with Gasteiger partial charge in [-0.2, -0.15) is 0 Å². The number of hydrogen-bond acceptors (Lipinski definition) is 3. The van der Waals surface area contributed by atoms with Gasteiger partial charge in [-0.25, -0.2) is 9.97 Å². The van der Waals surface area contributed by atoms with Crippen LogP contribution in [0, 0.1) is 6.92 Å². The highest BCUT2D eigenvalue weighted by Gasteiger charge is 2.15. The predicted molar refractivity (Wildman–Crippen MR) is 77.5 cm³/mol. The van der Waals surface area contributed by atoms with Gasteiger partial charge in [-0.1, -0.05) is 33.1 Å². The van der Waals surface area contributed by atoms with Crippen LogP contribution in [0.4, 0.5) is 0 Å². The third-order valence-electron chi connectivity index (χ3n) is 2.94. The van der Waals surface area contributed by atoms with Crippen LogP contribution in [-0.4, -0.2) is 21.9 Å². The van der Waals surface area contributed by atoms with Crippen molar-refractivity contribution in [1.29, 1.82) is 0 Å². The Morgan fingerprint density at radius 1 is 1.32 bits per heavy atom. The van der Waals surface area contributed by atoms with E-state index in [2.05, 4.69) is 29.1 Å².